The van der Waals surface area contributed by atoms with Crippen LogP contribution in [0.4, 0.5) is 5.95 Å². The summed E-state index contributed by atoms with van der Waals surface area (Å²) in [5.41, 5.74) is 0. The van der Waals surface area contributed by atoms with Gasteiger partial charge >= 0.3 is 0 Å². The van der Waals surface area contributed by atoms with Crippen LogP contribution in [0.15, 0.2) is 18.7 Å². The second-order valence-electron chi connectivity index (χ2n) is 2.90. The summed E-state index contributed by atoms with van der Waals surface area (Å²) < 4.78 is 10.0. The number of thiocarbonyl (C=S) groups is 1. The normalized spacial score (nSPS) is 9.29. The minimum absolute atomic E-state index is 0.308. The lowest BCUT2D eigenvalue weighted by atomic mass is 10.6. The highest BCUT2D eigenvalue weighted by molar-refractivity contribution is 7.80. The molecule has 1 aromatic heterocycles. The van der Waals surface area contributed by atoms with Crippen LogP contribution in [0.5, 0.6) is 11.8 Å². The molecule has 2 N–H and O–H groups in total. The van der Waals surface area contributed by atoms with Crippen molar-refractivity contribution < 1.29 is 9.47 Å². The third-order valence-electron chi connectivity index (χ3n) is 1.73. The van der Waals surface area contributed by atoms with Crippen molar-refractivity contribution in [2.24, 2.45) is 0 Å². The van der Waals surface area contributed by atoms with E-state index in [2.05, 4.69) is 27.2 Å². The van der Waals surface area contributed by atoms with Gasteiger partial charge in [-0.2, -0.15) is 9.97 Å². The molecule has 0 aromatic carbocycles. The molecule has 6 nitrogen and oxygen atoms in total. The van der Waals surface area contributed by atoms with E-state index in [1.165, 1.54) is 14.2 Å². The van der Waals surface area contributed by atoms with Gasteiger partial charge in [-0.3, -0.25) is 0 Å². The molecule has 1 rings (SSSR count). The molecule has 92 valence electrons. The summed E-state index contributed by atoms with van der Waals surface area (Å²) in [5.74, 6) is 1.10. The smallest absolute Gasteiger partial charge is 0.235 e. The third kappa shape index (κ3) is 4.23. The largest absolute Gasteiger partial charge is 0.481 e. The topological polar surface area (TPSA) is 68.3 Å². The number of hydrogen-bond acceptors (Lipinski definition) is 5. The minimum atomic E-state index is 0.308. The zero-order valence-electron chi connectivity index (χ0n) is 9.69. The van der Waals surface area contributed by atoms with Crippen molar-refractivity contribution in [1.29, 1.82) is 0 Å². The van der Waals surface area contributed by atoms with Gasteiger partial charge in [-0.1, -0.05) is 6.08 Å². The van der Waals surface area contributed by atoms with E-state index >= 15 is 0 Å². The standard InChI is InChI=1S/C10H14N4O2S/c1-4-5-11-10(17)14-9-12-7(15-2)6-8(13-9)16-3/h4,6H,1,5H2,2-3H3,(H2,11,12,13,14,17). The number of methoxy groups -OCH3 is 2. The van der Waals surface area contributed by atoms with E-state index in [0.29, 0.717) is 29.4 Å². The van der Waals surface area contributed by atoms with E-state index in [1.807, 2.05) is 0 Å². The minimum Gasteiger partial charge on any atom is -0.481 e. The molecule has 0 aliphatic carbocycles. The number of nitrogens with one attached hydrogen (secondary N) is 2. The van der Waals surface area contributed by atoms with Crippen molar-refractivity contribution in [1.82, 2.24) is 15.3 Å². The van der Waals surface area contributed by atoms with E-state index < -0.39 is 0 Å². The van der Waals surface area contributed by atoms with Gasteiger partial charge in [-0.25, -0.2) is 0 Å². The van der Waals surface area contributed by atoms with Crippen LogP contribution in [0.1, 0.15) is 0 Å². The molecule has 0 saturated carbocycles. The van der Waals surface area contributed by atoms with E-state index in [1.54, 1.807) is 12.1 Å². The molecule has 0 radical (unpaired) electrons. The first kappa shape index (κ1) is 13.2. The molecule has 0 spiro atoms. The second-order valence-corrected chi connectivity index (χ2v) is 3.31. The monoisotopic (exact) mass is 254 g/mol. The molecule has 7 heteroatoms. The van der Waals surface area contributed by atoms with Gasteiger partial charge in [-0.05, 0) is 12.2 Å². The maximum atomic E-state index is 5.03. The summed E-state index contributed by atoms with van der Waals surface area (Å²) in [5, 5.41) is 6.12. The summed E-state index contributed by atoms with van der Waals surface area (Å²) in [4.78, 5) is 8.14. The van der Waals surface area contributed by atoms with Gasteiger partial charge in [0.1, 0.15) is 0 Å². The maximum Gasteiger partial charge on any atom is 0.235 e. The lowest BCUT2D eigenvalue weighted by Gasteiger charge is -2.09. The van der Waals surface area contributed by atoms with Gasteiger partial charge < -0.3 is 20.1 Å². The average Bonchev–Trinajstić information content (AvgIpc) is 2.35. The lowest BCUT2D eigenvalue weighted by Crippen LogP contribution is -2.29. The third-order valence-corrected chi connectivity index (χ3v) is 1.98. The highest BCUT2D eigenvalue weighted by atomic mass is 32.1. The van der Waals surface area contributed by atoms with Gasteiger partial charge in [0.25, 0.3) is 0 Å². The van der Waals surface area contributed by atoms with Crippen molar-refractivity contribution >= 4 is 23.3 Å². The van der Waals surface area contributed by atoms with Crippen molar-refractivity contribution in [2.75, 3.05) is 26.1 Å². The van der Waals surface area contributed by atoms with Crippen molar-refractivity contribution in [2.45, 2.75) is 0 Å². The molecule has 1 heterocycles. The maximum absolute atomic E-state index is 5.03. The van der Waals surface area contributed by atoms with Gasteiger partial charge in [0.05, 0.1) is 20.3 Å². The molecule has 0 aliphatic heterocycles. The average molecular weight is 254 g/mol. The number of anilines is 1. The second kappa shape index (κ2) is 6.64. The molecular weight excluding hydrogens is 240 g/mol. The van der Waals surface area contributed by atoms with E-state index in [-0.39, 0.29) is 0 Å². The number of ether oxygens (including phenoxy) is 2. The fraction of sp³-hybridized carbons (Fsp3) is 0.300. The fourth-order valence-corrected chi connectivity index (χ4v) is 1.15. The Kier molecular flexibility index (Phi) is 5.15. The first-order valence-electron chi connectivity index (χ1n) is 4.82. The van der Waals surface area contributed by atoms with Crippen molar-refractivity contribution in [3.8, 4) is 11.8 Å². The van der Waals surface area contributed by atoms with Gasteiger partial charge in [0, 0.05) is 6.54 Å². The van der Waals surface area contributed by atoms with Gasteiger partial charge in [-0.15, -0.1) is 6.58 Å². The Morgan fingerprint density at radius 3 is 2.47 bits per heavy atom. The van der Waals surface area contributed by atoms with Crippen molar-refractivity contribution in [3.05, 3.63) is 18.7 Å². The highest BCUT2D eigenvalue weighted by Crippen LogP contribution is 2.16. The Hall–Kier alpha value is -1.89. The predicted octanol–water partition coefficient (Wildman–Crippen LogP) is 0.966. The predicted molar refractivity (Wildman–Crippen MR) is 69.6 cm³/mol. The van der Waals surface area contributed by atoms with Crippen LogP contribution < -0.4 is 20.1 Å². The molecule has 0 saturated heterocycles. The molecule has 17 heavy (non-hydrogen) atoms. The Bertz CT molecular complexity index is 389. The zero-order chi connectivity index (χ0) is 12.7. The van der Waals surface area contributed by atoms with Crippen LogP contribution in [0.2, 0.25) is 0 Å². The Morgan fingerprint density at radius 1 is 1.41 bits per heavy atom. The van der Waals surface area contributed by atoms with Crippen LogP contribution in [-0.4, -0.2) is 35.8 Å². The quantitative estimate of drug-likeness (QED) is 0.599. The molecule has 0 bridgehead atoms. The molecule has 0 fully saturated rings. The summed E-state index contributed by atoms with van der Waals surface area (Å²) in [6, 6.07) is 1.57. The van der Waals surface area contributed by atoms with Crippen LogP contribution in [-0.2, 0) is 0 Å². The molecule has 1 aromatic rings. The Labute approximate surface area is 105 Å². The summed E-state index contributed by atoms with van der Waals surface area (Å²) in [6.45, 7) is 4.14. The summed E-state index contributed by atoms with van der Waals surface area (Å²) in [6.07, 6.45) is 1.70. The van der Waals surface area contributed by atoms with E-state index in [9.17, 15) is 0 Å². The first-order chi connectivity index (χ1) is 8.19. The van der Waals surface area contributed by atoms with E-state index in [4.69, 9.17) is 21.7 Å². The van der Waals surface area contributed by atoms with Crippen LogP contribution >= 0.6 is 12.2 Å². The molecular formula is C10H14N4O2S. The van der Waals surface area contributed by atoms with Crippen LogP contribution in [0.3, 0.4) is 0 Å². The SMILES string of the molecule is C=CCNC(=S)Nc1nc(OC)cc(OC)n1. The van der Waals surface area contributed by atoms with Crippen LogP contribution in [0, 0.1) is 0 Å². The Morgan fingerprint density at radius 2 is 2.00 bits per heavy atom. The number of aromatic nitrogens is 2. The summed E-state index contributed by atoms with van der Waals surface area (Å²) in [7, 11) is 3.03. The van der Waals surface area contributed by atoms with E-state index in [0.717, 1.165) is 0 Å². The molecule has 0 unspecified atom stereocenters. The number of hydrogen-bond donors (Lipinski definition) is 2. The summed E-state index contributed by atoms with van der Waals surface area (Å²) >= 11 is 5.03. The lowest BCUT2D eigenvalue weighted by molar-refractivity contribution is 0.373. The zero-order valence-corrected chi connectivity index (χ0v) is 10.5. The Balaban J connectivity index is 2.75. The number of rotatable bonds is 5. The molecule has 0 amide bonds. The number of nitrogens with zero attached hydrogens (tertiary/aromatic N) is 2. The first-order valence-corrected chi connectivity index (χ1v) is 5.23. The molecule has 0 atom stereocenters. The molecule has 0 aliphatic rings. The van der Waals surface area contributed by atoms with Gasteiger partial charge in [0.2, 0.25) is 17.7 Å². The van der Waals surface area contributed by atoms with Gasteiger partial charge in [0.15, 0.2) is 5.11 Å². The highest BCUT2D eigenvalue weighted by Gasteiger charge is 2.06. The van der Waals surface area contributed by atoms with Crippen LogP contribution in [0.25, 0.3) is 0 Å². The van der Waals surface area contributed by atoms with Crippen molar-refractivity contribution in [3.63, 3.8) is 0 Å². The fourth-order valence-electron chi connectivity index (χ4n) is 0.980.